The molecule has 0 aliphatic carbocycles. The molecular weight excluding hydrogens is 340 g/mol. The van der Waals surface area contributed by atoms with Crippen molar-refractivity contribution in [1.29, 1.82) is 0 Å². The van der Waals surface area contributed by atoms with Gasteiger partial charge in [0.15, 0.2) is 0 Å². The van der Waals surface area contributed by atoms with E-state index in [0.717, 1.165) is 28.0 Å². The number of hydrogen-bond donors (Lipinski definition) is 2. The average Bonchev–Trinajstić information content (AvgIpc) is 3.09. The molecule has 2 heterocycles. The number of aromatic nitrogens is 3. The van der Waals surface area contributed by atoms with Crippen molar-refractivity contribution in [2.24, 2.45) is 0 Å². The van der Waals surface area contributed by atoms with Crippen LogP contribution in [0.3, 0.4) is 0 Å². The highest BCUT2D eigenvalue weighted by molar-refractivity contribution is 6.04. The normalized spacial score (nSPS) is 10.9. The van der Waals surface area contributed by atoms with E-state index in [1.807, 2.05) is 54.0 Å². The number of fused-ring (bicyclic) bond motifs is 1. The zero-order valence-corrected chi connectivity index (χ0v) is 14.8. The van der Waals surface area contributed by atoms with Crippen LogP contribution in [0.5, 0.6) is 0 Å². The van der Waals surface area contributed by atoms with Gasteiger partial charge in [-0.05, 0) is 55.0 Å². The first kappa shape index (κ1) is 16.9. The lowest BCUT2D eigenvalue weighted by atomic mass is 10.1. The van der Waals surface area contributed by atoms with E-state index in [4.69, 9.17) is 0 Å². The quantitative estimate of drug-likeness (QED) is 0.585. The van der Waals surface area contributed by atoms with Crippen molar-refractivity contribution >= 4 is 22.6 Å². The lowest BCUT2D eigenvalue weighted by molar-refractivity contribution is 0.102. The van der Waals surface area contributed by atoms with Crippen LogP contribution in [0.15, 0.2) is 67.0 Å². The lowest BCUT2D eigenvalue weighted by Crippen LogP contribution is -2.13. The Balaban J connectivity index is 1.70. The number of aliphatic hydroxyl groups excluding tert-OH is 1. The fraction of sp³-hybridized carbons (Fsp3) is 0.0952. The number of amides is 1. The molecule has 134 valence electrons. The molecule has 27 heavy (non-hydrogen) atoms. The number of aliphatic hydroxyl groups is 1. The summed E-state index contributed by atoms with van der Waals surface area (Å²) in [5.74, 6) is 0.367. The van der Waals surface area contributed by atoms with Crippen LogP contribution in [0.4, 0.5) is 5.69 Å². The molecular formula is C21H18N4O2. The summed E-state index contributed by atoms with van der Waals surface area (Å²) >= 11 is 0. The van der Waals surface area contributed by atoms with E-state index in [9.17, 15) is 9.90 Å². The van der Waals surface area contributed by atoms with Gasteiger partial charge in [0.05, 0.1) is 16.6 Å². The molecule has 0 aliphatic rings. The smallest absolute Gasteiger partial charge is 0.257 e. The van der Waals surface area contributed by atoms with Crippen molar-refractivity contribution in [3.8, 4) is 5.69 Å². The Morgan fingerprint density at radius 2 is 2.00 bits per heavy atom. The van der Waals surface area contributed by atoms with Crippen LogP contribution in [-0.2, 0) is 6.61 Å². The van der Waals surface area contributed by atoms with E-state index in [2.05, 4.69) is 15.3 Å². The van der Waals surface area contributed by atoms with Gasteiger partial charge < -0.3 is 10.4 Å². The van der Waals surface area contributed by atoms with Crippen LogP contribution < -0.4 is 5.32 Å². The minimum Gasteiger partial charge on any atom is -0.388 e. The van der Waals surface area contributed by atoms with E-state index in [0.29, 0.717) is 11.4 Å². The molecule has 2 aromatic heterocycles. The number of nitrogens with one attached hydrogen (secondary N) is 1. The molecule has 4 rings (SSSR count). The zero-order valence-electron chi connectivity index (χ0n) is 14.8. The average molecular weight is 358 g/mol. The number of para-hydroxylation sites is 2. The van der Waals surface area contributed by atoms with Crippen molar-refractivity contribution in [3.05, 3.63) is 83.9 Å². The molecule has 0 aliphatic heterocycles. The van der Waals surface area contributed by atoms with E-state index in [1.165, 1.54) is 6.20 Å². The fourth-order valence-electron chi connectivity index (χ4n) is 3.09. The van der Waals surface area contributed by atoms with Gasteiger partial charge in [-0.1, -0.05) is 12.1 Å². The minimum atomic E-state index is -0.205. The molecule has 0 saturated carbocycles. The number of nitrogens with zero attached hydrogens (tertiary/aromatic N) is 3. The standard InChI is InChI=1S/C21H18N4O2/c1-14-11-16(25-19-7-3-2-6-18(19)23-20(25)13-26)8-9-17(14)24-21(27)15-5-4-10-22-12-15/h2-12,26H,13H2,1H3,(H,24,27). The van der Waals surface area contributed by atoms with E-state index >= 15 is 0 Å². The number of pyridine rings is 1. The summed E-state index contributed by atoms with van der Waals surface area (Å²) in [6, 6.07) is 16.9. The topological polar surface area (TPSA) is 80.0 Å². The number of hydrogen-bond acceptors (Lipinski definition) is 4. The summed E-state index contributed by atoms with van der Waals surface area (Å²) in [7, 11) is 0. The van der Waals surface area contributed by atoms with Crippen LogP contribution in [0, 0.1) is 6.92 Å². The SMILES string of the molecule is Cc1cc(-n2c(CO)nc3ccccc32)ccc1NC(=O)c1cccnc1. The maximum Gasteiger partial charge on any atom is 0.257 e. The highest BCUT2D eigenvalue weighted by Crippen LogP contribution is 2.25. The van der Waals surface area contributed by atoms with Gasteiger partial charge in [0.1, 0.15) is 12.4 Å². The molecule has 2 aromatic carbocycles. The highest BCUT2D eigenvalue weighted by atomic mass is 16.3. The number of rotatable bonds is 4. The van der Waals surface area contributed by atoms with Crippen LogP contribution in [0.25, 0.3) is 16.7 Å². The van der Waals surface area contributed by atoms with Gasteiger partial charge in [-0.15, -0.1) is 0 Å². The van der Waals surface area contributed by atoms with Crippen LogP contribution in [0.1, 0.15) is 21.7 Å². The third kappa shape index (κ3) is 3.18. The van der Waals surface area contributed by atoms with Crippen LogP contribution in [-0.4, -0.2) is 25.5 Å². The van der Waals surface area contributed by atoms with Crippen LogP contribution in [0.2, 0.25) is 0 Å². The Kier molecular flexibility index (Phi) is 4.40. The summed E-state index contributed by atoms with van der Waals surface area (Å²) in [6.45, 7) is 1.77. The summed E-state index contributed by atoms with van der Waals surface area (Å²) < 4.78 is 1.93. The van der Waals surface area contributed by atoms with Gasteiger partial charge in [-0.2, -0.15) is 0 Å². The third-order valence-electron chi connectivity index (χ3n) is 4.41. The lowest BCUT2D eigenvalue weighted by Gasteiger charge is -2.13. The third-order valence-corrected chi connectivity index (χ3v) is 4.41. The first-order chi connectivity index (χ1) is 13.2. The predicted molar refractivity (Wildman–Crippen MR) is 104 cm³/mol. The highest BCUT2D eigenvalue weighted by Gasteiger charge is 2.13. The minimum absolute atomic E-state index is 0.160. The molecule has 0 saturated heterocycles. The zero-order chi connectivity index (χ0) is 18.8. The second kappa shape index (κ2) is 7.01. The largest absolute Gasteiger partial charge is 0.388 e. The van der Waals surface area contributed by atoms with Gasteiger partial charge >= 0.3 is 0 Å². The summed E-state index contributed by atoms with van der Waals surface area (Å²) in [4.78, 5) is 20.8. The summed E-state index contributed by atoms with van der Waals surface area (Å²) in [5.41, 5.74) is 4.77. The number of anilines is 1. The van der Waals surface area contributed by atoms with Crippen molar-refractivity contribution in [2.75, 3.05) is 5.32 Å². The molecule has 0 spiro atoms. The fourth-order valence-corrected chi connectivity index (χ4v) is 3.09. The molecule has 1 amide bonds. The Labute approximate surface area is 156 Å². The second-order valence-electron chi connectivity index (χ2n) is 6.21. The second-order valence-corrected chi connectivity index (χ2v) is 6.21. The Hall–Kier alpha value is -3.51. The molecule has 6 nitrogen and oxygen atoms in total. The summed E-state index contributed by atoms with van der Waals surface area (Å²) in [6.07, 6.45) is 3.16. The first-order valence-corrected chi connectivity index (χ1v) is 8.57. The van der Waals surface area contributed by atoms with Crippen LogP contribution >= 0.6 is 0 Å². The molecule has 0 unspecified atom stereocenters. The van der Waals surface area contributed by atoms with Gasteiger partial charge in [-0.25, -0.2) is 4.98 Å². The molecule has 0 radical (unpaired) electrons. The van der Waals surface area contributed by atoms with E-state index in [-0.39, 0.29) is 12.5 Å². The monoisotopic (exact) mass is 358 g/mol. The van der Waals surface area contributed by atoms with Crippen molar-refractivity contribution < 1.29 is 9.90 Å². The number of carbonyl (C=O) groups excluding carboxylic acids is 1. The maximum atomic E-state index is 12.4. The van der Waals surface area contributed by atoms with Crippen molar-refractivity contribution in [1.82, 2.24) is 14.5 Å². The van der Waals surface area contributed by atoms with Crippen molar-refractivity contribution in [2.45, 2.75) is 13.5 Å². The molecule has 0 atom stereocenters. The molecule has 0 bridgehead atoms. The van der Waals surface area contributed by atoms with Gasteiger partial charge in [0.25, 0.3) is 5.91 Å². The maximum absolute atomic E-state index is 12.4. The summed E-state index contributed by atoms with van der Waals surface area (Å²) in [5, 5.41) is 12.6. The number of aryl methyl sites for hydroxylation is 1. The van der Waals surface area contributed by atoms with E-state index < -0.39 is 0 Å². The van der Waals surface area contributed by atoms with Crippen molar-refractivity contribution in [3.63, 3.8) is 0 Å². The molecule has 6 heteroatoms. The molecule has 2 N–H and O–H groups in total. The number of imidazole rings is 1. The Morgan fingerprint density at radius 1 is 1.15 bits per heavy atom. The van der Waals surface area contributed by atoms with E-state index in [1.54, 1.807) is 18.3 Å². The number of benzene rings is 2. The van der Waals surface area contributed by atoms with Gasteiger partial charge in [-0.3, -0.25) is 14.3 Å². The Morgan fingerprint density at radius 3 is 2.74 bits per heavy atom. The first-order valence-electron chi connectivity index (χ1n) is 8.57. The Bertz CT molecular complexity index is 1120. The molecule has 4 aromatic rings. The number of carbonyl (C=O) groups is 1. The van der Waals surface area contributed by atoms with Gasteiger partial charge in [0, 0.05) is 23.8 Å². The molecule has 0 fully saturated rings. The van der Waals surface area contributed by atoms with Gasteiger partial charge in [0.2, 0.25) is 0 Å². The predicted octanol–water partition coefficient (Wildman–Crippen LogP) is 3.47.